The molecule has 1 aromatic carbocycles. The van der Waals surface area contributed by atoms with Gasteiger partial charge >= 0.3 is 0 Å². The Bertz CT molecular complexity index is 651. The molecule has 22 heavy (non-hydrogen) atoms. The van der Waals surface area contributed by atoms with Gasteiger partial charge in [0.15, 0.2) is 11.5 Å². The lowest BCUT2D eigenvalue weighted by atomic mass is 10.1. The van der Waals surface area contributed by atoms with Gasteiger partial charge in [-0.3, -0.25) is 4.79 Å². The maximum Gasteiger partial charge on any atom is 0.251 e. The molecule has 2 rings (SSSR count). The Kier molecular flexibility index (Phi) is 5.06. The minimum Gasteiger partial charge on any atom is -0.493 e. The molecule has 0 saturated heterocycles. The lowest BCUT2D eigenvalue weighted by Crippen LogP contribution is -2.29. The number of nitrogens with zero attached hydrogens (tertiary/aromatic N) is 1. The highest BCUT2D eigenvalue weighted by Crippen LogP contribution is 2.27. The zero-order valence-electron chi connectivity index (χ0n) is 12.9. The first kappa shape index (κ1) is 15.9. The van der Waals surface area contributed by atoms with Crippen LogP contribution in [0.5, 0.6) is 11.5 Å². The molecule has 1 amide bonds. The SMILES string of the molecule is COc1ccc(C(=O)NCC(O)c2cccn2C)cc1OC. The average molecular weight is 304 g/mol. The summed E-state index contributed by atoms with van der Waals surface area (Å²) in [5.41, 5.74) is 1.18. The van der Waals surface area contributed by atoms with Gasteiger partial charge in [0.05, 0.1) is 14.2 Å². The Morgan fingerprint density at radius 2 is 2.00 bits per heavy atom. The molecule has 6 heteroatoms. The third-order valence-corrected chi connectivity index (χ3v) is 3.43. The Hall–Kier alpha value is -2.47. The van der Waals surface area contributed by atoms with Gasteiger partial charge in [-0.2, -0.15) is 0 Å². The summed E-state index contributed by atoms with van der Waals surface area (Å²) < 4.78 is 12.1. The number of ether oxygens (including phenoxy) is 2. The number of aliphatic hydroxyl groups is 1. The number of hydrogen-bond acceptors (Lipinski definition) is 4. The molecule has 0 bridgehead atoms. The lowest BCUT2D eigenvalue weighted by Gasteiger charge is -2.14. The number of rotatable bonds is 6. The number of amides is 1. The third-order valence-electron chi connectivity index (χ3n) is 3.43. The molecule has 2 N–H and O–H groups in total. The van der Waals surface area contributed by atoms with E-state index in [4.69, 9.17) is 9.47 Å². The molecular formula is C16H20N2O4. The number of aromatic nitrogens is 1. The number of carbonyl (C=O) groups excluding carboxylic acids is 1. The van der Waals surface area contributed by atoms with Crippen molar-refractivity contribution in [2.75, 3.05) is 20.8 Å². The smallest absolute Gasteiger partial charge is 0.251 e. The number of aliphatic hydroxyl groups excluding tert-OH is 1. The van der Waals surface area contributed by atoms with E-state index in [1.807, 2.05) is 29.9 Å². The van der Waals surface area contributed by atoms with Crippen molar-refractivity contribution in [3.05, 3.63) is 47.8 Å². The number of carbonyl (C=O) groups is 1. The molecule has 0 radical (unpaired) electrons. The Labute approximate surface area is 129 Å². The molecule has 1 atom stereocenters. The van der Waals surface area contributed by atoms with Gasteiger partial charge < -0.3 is 24.5 Å². The van der Waals surface area contributed by atoms with Crippen LogP contribution in [0.2, 0.25) is 0 Å². The molecule has 0 saturated carbocycles. The number of benzene rings is 1. The first-order valence-electron chi connectivity index (χ1n) is 6.86. The molecule has 2 aromatic rings. The van der Waals surface area contributed by atoms with Crippen LogP contribution in [0.15, 0.2) is 36.5 Å². The fourth-order valence-corrected chi connectivity index (χ4v) is 2.19. The maximum atomic E-state index is 12.1. The predicted octanol–water partition coefficient (Wildman–Crippen LogP) is 1.51. The van der Waals surface area contributed by atoms with E-state index < -0.39 is 6.10 Å². The average Bonchev–Trinajstić information content (AvgIpc) is 2.97. The molecule has 1 aromatic heterocycles. The zero-order chi connectivity index (χ0) is 16.1. The molecule has 6 nitrogen and oxygen atoms in total. The normalized spacial score (nSPS) is 11.8. The highest BCUT2D eigenvalue weighted by Gasteiger charge is 2.14. The van der Waals surface area contributed by atoms with Gasteiger partial charge in [0, 0.05) is 31.0 Å². The summed E-state index contributed by atoms with van der Waals surface area (Å²) in [4.78, 5) is 12.1. The van der Waals surface area contributed by atoms with E-state index in [9.17, 15) is 9.90 Å². The van der Waals surface area contributed by atoms with Crippen molar-refractivity contribution in [3.63, 3.8) is 0 Å². The third kappa shape index (κ3) is 3.40. The van der Waals surface area contributed by atoms with Crippen LogP contribution in [0.4, 0.5) is 0 Å². The summed E-state index contributed by atoms with van der Waals surface area (Å²) in [7, 11) is 4.89. The predicted molar refractivity (Wildman–Crippen MR) is 82.3 cm³/mol. The molecule has 118 valence electrons. The first-order valence-corrected chi connectivity index (χ1v) is 6.86. The molecule has 0 spiro atoms. The fraction of sp³-hybridized carbons (Fsp3) is 0.312. The first-order chi connectivity index (χ1) is 10.6. The van der Waals surface area contributed by atoms with E-state index in [2.05, 4.69) is 5.32 Å². The Balaban J connectivity index is 2.02. The van der Waals surface area contributed by atoms with Crippen molar-refractivity contribution < 1.29 is 19.4 Å². The number of hydrogen-bond donors (Lipinski definition) is 2. The molecule has 0 aliphatic rings. The lowest BCUT2D eigenvalue weighted by molar-refractivity contribution is 0.0912. The van der Waals surface area contributed by atoms with Crippen molar-refractivity contribution in [2.45, 2.75) is 6.10 Å². The van der Waals surface area contributed by atoms with Crippen molar-refractivity contribution in [3.8, 4) is 11.5 Å². The standard InChI is InChI=1S/C16H20N2O4/c1-18-8-4-5-12(18)13(19)10-17-16(20)11-6-7-14(21-2)15(9-11)22-3/h4-9,13,19H,10H2,1-3H3,(H,17,20). The van der Waals surface area contributed by atoms with Crippen LogP contribution in [-0.2, 0) is 7.05 Å². The van der Waals surface area contributed by atoms with E-state index in [1.165, 1.54) is 14.2 Å². The molecule has 1 heterocycles. The summed E-state index contributed by atoms with van der Waals surface area (Å²) in [6.07, 6.45) is 1.08. The summed E-state index contributed by atoms with van der Waals surface area (Å²) in [5, 5.41) is 12.8. The molecule has 1 unspecified atom stereocenters. The van der Waals surface area contributed by atoms with E-state index in [0.29, 0.717) is 17.1 Å². The second-order valence-electron chi connectivity index (χ2n) is 4.84. The highest BCUT2D eigenvalue weighted by molar-refractivity contribution is 5.94. The Morgan fingerprint density at radius 3 is 2.59 bits per heavy atom. The van der Waals surface area contributed by atoms with Crippen LogP contribution >= 0.6 is 0 Å². The second-order valence-corrected chi connectivity index (χ2v) is 4.84. The molecule has 0 aliphatic carbocycles. The minimum absolute atomic E-state index is 0.130. The topological polar surface area (TPSA) is 72.7 Å². The van der Waals surface area contributed by atoms with Gasteiger partial charge in [-0.05, 0) is 30.3 Å². The number of nitrogens with one attached hydrogen (secondary N) is 1. The van der Waals surface area contributed by atoms with Crippen molar-refractivity contribution in [2.24, 2.45) is 7.05 Å². The van der Waals surface area contributed by atoms with Gasteiger partial charge in [0.1, 0.15) is 6.10 Å². The molecule has 0 aliphatic heterocycles. The second kappa shape index (κ2) is 7.00. The van der Waals surface area contributed by atoms with Crippen LogP contribution in [0.3, 0.4) is 0 Å². The number of methoxy groups -OCH3 is 2. The van der Waals surface area contributed by atoms with Crippen LogP contribution in [0.25, 0.3) is 0 Å². The van der Waals surface area contributed by atoms with Crippen LogP contribution in [-0.4, -0.2) is 36.3 Å². The van der Waals surface area contributed by atoms with Crippen LogP contribution < -0.4 is 14.8 Å². The number of aryl methyl sites for hydroxylation is 1. The van der Waals surface area contributed by atoms with Gasteiger partial charge in [0.25, 0.3) is 5.91 Å². The van der Waals surface area contributed by atoms with Crippen LogP contribution in [0, 0.1) is 0 Å². The van der Waals surface area contributed by atoms with E-state index >= 15 is 0 Å². The minimum atomic E-state index is -0.760. The summed E-state index contributed by atoms with van der Waals surface area (Å²) >= 11 is 0. The van der Waals surface area contributed by atoms with Crippen LogP contribution in [0.1, 0.15) is 22.2 Å². The van der Waals surface area contributed by atoms with E-state index in [0.717, 1.165) is 5.69 Å². The van der Waals surface area contributed by atoms with Crippen molar-refractivity contribution >= 4 is 5.91 Å². The summed E-state index contributed by atoms with van der Waals surface area (Å²) in [5.74, 6) is 0.759. The maximum absolute atomic E-state index is 12.1. The van der Waals surface area contributed by atoms with E-state index in [1.54, 1.807) is 18.2 Å². The highest BCUT2D eigenvalue weighted by atomic mass is 16.5. The van der Waals surface area contributed by atoms with Gasteiger partial charge in [-0.15, -0.1) is 0 Å². The summed E-state index contributed by atoms with van der Waals surface area (Å²) in [6.45, 7) is 0.130. The zero-order valence-corrected chi connectivity index (χ0v) is 12.9. The largest absolute Gasteiger partial charge is 0.493 e. The van der Waals surface area contributed by atoms with Crippen molar-refractivity contribution in [1.29, 1.82) is 0 Å². The Morgan fingerprint density at radius 1 is 1.27 bits per heavy atom. The van der Waals surface area contributed by atoms with Gasteiger partial charge in [-0.25, -0.2) is 0 Å². The van der Waals surface area contributed by atoms with Crippen molar-refractivity contribution in [1.82, 2.24) is 9.88 Å². The monoisotopic (exact) mass is 304 g/mol. The molecule has 0 fully saturated rings. The van der Waals surface area contributed by atoms with E-state index in [-0.39, 0.29) is 12.5 Å². The fourth-order valence-electron chi connectivity index (χ4n) is 2.19. The van der Waals surface area contributed by atoms with Gasteiger partial charge in [-0.1, -0.05) is 0 Å². The summed E-state index contributed by atoms with van der Waals surface area (Å²) in [6, 6.07) is 8.57. The quantitative estimate of drug-likeness (QED) is 0.848. The molecular weight excluding hydrogens is 284 g/mol. The van der Waals surface area contributed by atoms with Gasteiger partial charge in [0.2, 0.25) is 0 Å².